The van der Waals surface area contributed by atoms with Crippen LogP contribution in [-0.2, 0) is 17.8 Å². The van der Waals surface area contributed by atoms with Gasteiger partial charge in [0.25, 0.3) is 17.0 Å². The molecule has 2 aromatic carbocycles. The quantitative estimate of drug-likeness (QED) is 0.316. The molecule has 1 amide bonds. The van der Waals surface area contributed by atoms with Crippen LogP contribution in [0.3, 0.4) is 0 Å². The molecule has 2 heterocycles. The molecule has 0 bridgehead atoms. The normalized spacial score (nSPS) is 10.9. The maximum Gasteiger partial charge on any atom is 0.330 e. The first-order chi connectivity index (χ1) is 16.5. The van der Waals surface area contributed by atoms with Gasteiger partial charge < -0.3 is 20.4 Å². The Hall–Kier alpha value is -4.44. The summed E-state index contributed by atoms with van der Waals surface area (Å²) in [4.78, 5) is 55.6. The largest absolute Gasteiger partial charge is 0.383 e. The Bertz CT molecular complexity index is 1500. The molecule has 10 heteroatoms. The van der Waals surface area contributed by atoms with Crippen LogP contribution in [0.15, 0.2) is 75.0 Å². The van der Waals surface area contributed by atoms with E-state index in [-0.39, 0.29) is 36.9 Å². The zero-order valence-electron chi connectivity index (χ0n) is 18.4. The predicted molar refractivity (Wildman–Crippen MR) is 129 cm³/mol. The lowest BCUT2D eigenvalue weighted by Gasteiger charge is -2.18. The Balaban J connectivity index is 1.75. The number of aromatic amines is 2. The third-order valence-electron chi connectivity index (χ3n) is 5.26. The van der Waals surface area contributed by atoms with E-state index in [4.69, 9.17) is 4.74 Å². The Labute approximate surface area is 193 Å². The van der Waals surface area contributed by atoms with E-state index in [0.29, 0.717) is 10.8 Å². The highest BCUT2D eigenvalue weighted by Gasteiger charge is 2.19. The van der Waals surface area contributed by atoms with Gasteiger partial charge in [0.2, 0.25) is 0 Å². The molecule has 0 unspecified atom stereocenters. The van der Waals surface area contributed by atoms with Gasteiger partial charge in [-0.3, -0.25) is 23.9 Å². The second-order valence-electron chi connectivity index (χ2n) is 7.52. The van der Waals surface area contributed by atoms with Crippen LogP contribution in [0.1, 0.15) is 16.1 Å². The maximum atomic E-state index is 13.1. The predicted octanol–water partition coefficient (Wildman–Crippen LogP) is 1.89. The van der Waals surface area contributed by atoms with E-state index < -0.39 is 22.7 Å². The molecule has 4 N–H and O–H groups in total. The van der Waals surface area contributed by atoms with Gasteiger partial charge in [0.05, 0.1) is 13.2 Å². The second kappa shape index (κ2) is 10.0. The van der Waals surface area contributed by atoms with Crippen LogP contribution in [0.4, 0.5) is 11.5 Å². The number of fused-ring (bicyclic) bond motifs is 1. The van der Waals surface area contributed by atoms with Crippen molar-refractivity contribution in [2.24, 2.45) is 0 Å². The highest BCUT2D eigenvalue weighted by atomic mass is 16.5. The van der Waals surface area contributed by atoms with Crippen molar-refractivity contribution in [2.45, 2.75) is 13.1 Å². The molecule has 0 saturated heterocycles. The lowest BCUT2D eigenvalue weighted by Crippen LogP contribution is -2.36. The molecule has 0 aliphatic carbocycles. The van der Waals surface area contributed by atoms with Gasteiger partial charge >= 0.3 is 5.69 Å². The van der Waals surface area contributed by atoms with Crippen LogP contribution >= 0.6 is 0 Å². The molecule has 0 fully saturated rings. The lowest BCUT2D eigenvalue weighted by atomic mass is 10.1. The van der Waals surface area contributed by atoms with Crippen LogP contribution < -0.4 is 27.4 Å². The van der Waals surface area contributed by atoms with E-state index in [0.717, 1.165) is 5.56 Å². The molecule has 0 aliphatic rings. The van der Waals surface area contributed by atoms with E-state index >= 15 is 0 Å². The average Bonchev–Trinajstić information content (AvgIpc) is 2.84. The lowest BCUT2D eigenvalue weighted by molar-refractivity contribution is 0.102. The summed E-state index contributed by atoms with van der Waals surface area (Å²) in [5.41, 5.74) is -0.910. The van der Waals surface area contributed by atoms with Crippen molar-refractivity contribution in [1.29, 1.82) is 0 Å². The highest BCUT2D eigenvalue weighted by molar-refractivity contribution is 6.05. The van der Waals surface area contributed by atoms with Crippen LogP contribution in [0.25, 0.3) is 10.8 Å². The molecule has 0 spiro atoms. The van der Waals surface area contributed by atoms with Gasteiger partial charge in [-0.15, -0.1) is 0 Å². The van der Waals surface area contributed by atoms with Gasteiger partial charge in [-0.1, -0.05) is 48.5 Å². The summed E-state index contributed by atoms with van der Waals surface area (Å²) < 4.78 is 6.28. The van der Waals surface area contributed by atoms with Crippen LogP contribution in [0.2, 0.25) is 0 Å². The van der Waals surface area contributed by atoms with Crippen molar-refractivity contribution in [3.63, 3.8) is 0 Å². The number of nitrogens with zero attached hydrogens (tertiary/aromatic N) is 1. The molecular formula is C24H23N5O5. The maximum absolute atomic E-state index is 13.1. The Morgan fingerprint density at radius 1 is 0.971 bits per heavy atom. The fraction of sp³-hybridized carbons (Fsp3) is 0.167. The Morgan fingerprint density at radius 2 is 1.71 bits per heavy atom. The van der Waals surface area contributed by atoms with E-state index in [2.05, 4.69) is 20.6 Å². The molecule has 4 aromatic rings. The number of anilines is 2. The van der Waals surface area contributed by atoms with E-state index in [1.54, 1.807) is 24.3 Å². The number of methoxy groups -OCH3 is 1. The van der Waals surface area contributed by atoms with Crippen molar-refractivity contribution in [3.05, 3.63) is 103 Å². The Morgan fingerprint density at radius 3 is 2.47 bits per heavy atom. The number of carbonyl (C=O) groups excluding carboxylic acids is 1. The summed E-state index contributed by atoms with van der Waals surface area (Å²) in [5, 5.41) is 6.67. The fourth-order valence-corrected chi connectivity index (χ4v) is 3.56. The van der Waals surface area contributed by atoms with E-state index in [1.165, 1.54) is 17.7 Å². The Kier molecular flexibility index (Phi) is 6.69. The minimum atomic E-state index is -0.699. The summed E-state index contributed by atoms with van der Waals surface area (Å²) in [6, 6.07) is 17.7. The number of rotatable bonds is 8. The first kappa shape index (κ1) is 22.7. The van der Waals surface area contributed by atoms with Crippen molar-refractivity contribution >= 4 is 28.2 Å². The number of ether oxygens (including phenoxy) is 1. The van der Waals surface area contributed by atoms with Crippen LogP contribution in [-0.4, -0.2) is 34.2 Å². The zero-order valence-corrected chi connectivity index (χ0v) is 18.4. The standard InChI is InChI=1S/C24H23N5O5/c1-34-12-11-29-20(19(23(32)28-24(29)33)25-14-15-7-3-2-4-8-15)27-22(31)18-13-16-9-5-6-10-17(16)21(30)26-18/h2-10,13,25H,11-12,14H2,1H3,(H,26,30)(H,27,31)(H,28,32,33). The molecule has 4 rings (SSSR count). The van der Waals surface area contributed by atoms with Gasteiger partial charge in [0.15, 0.2) is 0 Å². The van der Waals surface area contributed by atoms with Gasteiger partial charge in [-0.05, 0) is 23.1 Å². The summed E-state index contributed by atoms with van der Waals surface area (Å²) >= 11 is 0. The second-order valence-corrected chi connectivity index (χ2v) is 7.52. The first-order valence-corrected chi connectivity index (χ1v) is 10.5. The minimum Gasteiger partial charge on any atom is -0.383 e. The topological polar surface area (TPSA) is 138 Å². The molecule has 2 aromatic heterocycles. The van der Waals surface area contributed by atoms with Crippen molar-refractivity contribution < 1.29 is 9.53 Å². The van der Waals surface area contributed by atoms with Gasteiger partial charge in [0, 0.05) is 19.0 Å². The molecule has 0 radical (unpaired) electrons. The number of hydrogen-bond acceptors (Lipinski definition) is 6. The third kappa shape index (κ3) is 4.81. The monoisotopic (exact) mass is 461 g/mol. The smallest absolute Gasteiger partial charge is 0.330 e. The zero-order chi connectivity index (χ0) is 24.1. The minimum absolute atomic E-state index is 0.0102. The number of hydrogen-bond donors (Lipinski definition) is 4. The number of aromatic nitrogens is 3. The molecule has 0 atom stereocenters. The van der Waals surface area contributed by atoms with Gasteiger partial charge in [-0.2, -0.15) is 0 Å². The number of pyridine rings is 1. The fourth-order valence-electron chi connectivity index (χ4n) is 3.56. The number of H-pyrrole nitrogens is 2. The molecule has 34 heavy (non-hydrogen) atoms. The summed E-state index contributed by atoms with van der Waals surface area (Å²) in [5.74, 6) is -0.706. The molecule has 10 nitrogen and oxygen atoms in total. The average molecular weight is 461 g/mol. The van der Waals surface area contributed by atoms with Crippen LogP contribution in [0, 0.1) is 0 Å². The van der Waals surface area contributed by atoms with Crippen LogP contribution in [0.5, 0.6) is 0 Å². The molecule has 174 valence electrons. The van der Waals surface area contributed by atoms with Crippen molar-refractivity contribution in [1.82, 2.24) is 14.5 Å². The van der Waals surface area contributed by atoms with Crippen molar-refractivity contribution in [3.8, 4) is 0 Å². The van der Waals surface area contributed by atoms with Crippen molar-refractivity contribution in [2.75, 3.05) is 24.4 Å². The molecule has 0 aliphatic heterocycles. The number of nitrogens with one attached hydrogen (secondary N) is 4. The third-order valence-corrected chi connectivity index (χ3v) is 5.26. The van der Waals surface area contributed by atoms with E-state index in [1.807, 2.05) is 30.3 Å². The summed E-state index contributed by atoms with van der Waals surface area (Å²) in [6.45, 7) is 0.526. The first-order valence-electron chi connectivity index (χ1n) is 10.5. The van der Waals surface area contributed by atoms with Gasteiger partial charge in [-0.25, -0.2) is 4.79 Å². The SMILES string of the molecule is COCCn1c(NC(=O)c2cc3ccccc3c(=O)[nH]2)c(NCc2ccccc2)c(=O)[nH]c1=O. The molecule has 0 saturated carbocycles. The number of amides is 1. The van der Waals surface area contributed by atoms with Gasteiger partial charge in [0.1, 0.15) is 17.2 Å². The number of carbonyl (C=O) groups is 1. The molecular weight excluding hydrogens is 438 g/mol. The van der Waals surface area contributed by atoms with E-state index in [9.17, 15) is 19.2 Å². The highest BCUT2D eigenvalue weighted by Crippen LogP contribution is 2.18. The summed E-state index contributed by atoms with van der Waals surface area (Å²) in [7, 11) is 1.48. The summed E-state index contributed by atoms with van der Waals surface area (Å²) in [6.07, 6.45) is 0. The number of benzene rings is 2.